The fraction of sp³-hybridized carbons (Fsp3) is 0.0400. The van der Waals surface area contributed by atoms with Gasteiger partial charge in [0.1, 0.15) is 0 Å². The summed E-state index contributed by atoms with van der Waals surface area (Å²) in [6, 6.07) is 36.2. The van der Waals surface area contributed by atoms with E-state index in [0.717, 1.165) is 5.46 Å². The molecule has 1 N–H and O–H groups in total. The molecule has 1 nitrogen and oxygen atoms in total. The second-order valence-electron chi connectivity index (χ2n) is 6.96. The summed E-state index contributed by atoms with van der Waals surface area (Å²) in [7, 11) is 1.18. The van der Waals surface area contributed by atoms with Gasteiger partial charge in [-0.05, 0) is 33.4 Å². The van der Waals surface area contributed by atoms with E-state index in [0.29, 0.717) is 0 Å². The molecular formula is C25H18BO. The maximum atomic E-state index is 9.67. The van der Waals surface area contributed by atoms with Gasteiger partial charge in [-0.3, -0.25) is 0 Å². The van der Waals surface area contributed by atoms with Crippen LogP contribution in [0.4, 0.5) is 0 Å². The summed E-state index contributed by atoms with van der Waals surface area (Å²) in [5, 5.41) is 9.67. The van der Waals surface area contributed by atoms with E-state index in [2.05, 4.69) is 97.1 Å². The van der Waals surface area contributed by atoms with E-state index >= 15 is 0 Å². The van der Waals surface area contributed by atoms with Gasteiger partial charge in [-0.1, -0.05) is 109 Å². The number of hydrogen-bond acceptors (Lipinski definition) is 1. The highest BCUT2D eigenvalue weighted by molar-refractivity contribution is 6.45. The Hall–Kier alpha value is -3.10. The van der Waals surface area contributed by atoms with Crippen molar-refractivity contribution in [2.24, 2.45) is 0 Å². The molecule has 0 heterocycles. The molecule has 2 heteroatoms. The van der Waals surface area contributed by atoms with Crippen LogP contribution >= 0.6 is 0 Å². The van der Waals surface area contributed by atoms with Gasteiger partial charge in [0.15, 0.2) is 0 Å². The lowest BCUT2D eigenvalue weighted by atomic mass is 9.67. The minimum atomic E-state index is -0.395. The van der Waals surface area contributed by atoms with Gasteiger partial charge in [-0.2, -0.15) is 0 Å². The summed E-state index contributed by atoms with van der Waals surface area (Å²) in [6.45, 7) is 0. The molecule has 1 radical (unpaired) electrons. The molecule has 0 aliphatic heterocycles. The highest BCUT2D eigenvalue weighted by Crippen LogP contribution is 2.55. The summed E-state index contributed by atoms with van der Waals surface area (Å²) >= 11 is 0. The molecule has 0 spiro atoms. The predicted molar refractivity (Wildman–Crippen MR) is 111 cm³/mol. The topological polar surface area (TPSA) is 20.2 Å². The standard InChI is InChI=1S/C25H18BO/c27-26-20-15-16-22-21-13-7-8-14-23(21)25(24(22)17-20,18-9-3-1-4-10-18)19-11-5-2-6-12-19/h1-17,27H. The molecule has 27 heavy (non-hydrogen) atoms. The third kappa shape index (κ3) is 2.24. The van der Waals surface area contributed by atoms with Crippen molar-refractivity contribution in [1.82, 2.24) is 0 Å². The summed E-state index contributed by atoms with van der Waals surface area (Å²) in [5.74, 6) is 0. The second kappa shape index (κ2) is 6.26. The van der Waals surface area contributed by atoms with Gasteiger partial charge in [-0.25, -0.2) is 0 Å². The van der Waals surface area contributed by atoms with Crippen molar-refractivity contribution in [3.8, 4) is 11.1 Å². The van der Waals surface area contributed by atoms with Gasteiger partial charge in [0.2, 0.25) is 0 Å². The first-order valence-corrected chi connectivity index (χ1v) is 9.18. The van der Waals surface area contributed by atoms with Gasteiger partial charge < -0.3 is 5.02 Å². The van der Waals surface area contributed by atoms with Crippen LogP contribution in [0.5, 0.6) is 0 Å². The molecule has 0 saturated heterocycles. The van der Waals surface area contributed by atoms with Gasteiger partial charge in [0.05, 0.1) is 5.41 Å². The minimum Gasteiger partial charge on any atom is -0.450 e. The molecule has 0 saturated carbocycles. The summed E-state index contributed by atoms with van der Waals surface area (Å²) in [5.41, 5.74) is 7.87. The van der Waals surface area contributed by atoms with Crippen LogP contribution in [0.2, 0.25) is 0 Å². The van der Waals surface area contributed by atoms with Gasteiger partial charge in [0, 0.05) is 0 Å². The van der Waals surface area contributed by atoms with Crippen LogP contribution in [0.3, 0.4) is 0 Å². The molecular weight excluding hydrogens is 327 g/mol. The number of rotatable bonds is 3. The second-order valence-corrected chi connectivity index (χ2v) is 6.96. The molecule has 0 fully saturated rings. The van der Waals surface area contributed by atoms with Crippen molar-refractivity contribution in [3.05, 3.63) is 125 Å². The van der Waals surface area contributed by atoms with Crippen LogP contribution in [0.25, 0.3) is 11.1 Å². The maximum Gasteiger partial charge on any atom is 0.326 e. The molecule has 5 rings (SSSR count). The molecule has 127 valence electrons. The third-order valence-electron chi connectivity index (χ3n) is 5.63. The zero-order chi connectivity index (χ0) is 18.3. The normalized spacial score (nSPS) is 13.7. The van der Waals surface area contributed by atoms with Crippen LogP contribution in [0.15, 0.2) is 103 Å². The fourth-order valence-corrected chi connectivity index (χ4v) is 4.54. The van der Waals surface area contributed by atoms with E-state index in [9.17, 15) is 5.02 Å². The molecule has 0 bridgehead atoms. The van der Waals surface area contributed by atoms with Crippen LogP contribution in [0.1, 0.15) is 22.3 Å². The molecule has 0 amide bonds. The third-order valence-corrected chi connectivity index (χ3v) is 5.63. The number of hydrogen-bond donors (Lipinski definition) is 1. The first kappa shape index (κ1) is 16.1. The van der Waals surface area contributed by atoms with Crippen molar-refractivity contribution in [2.75, 3.05) is 0 Å². The highest BCUT2D eigenvalue weighted by atomic mass is 16.2. The Kier molecular flexibility index (Phi) is 3.73. The fourth-order valence-electron chi connectivity index (χ4n) is 4.54. The molecule has 1 aliphatic rings. The number of benzene rings is 4. The van der Waals surface area contributed by atoms with Crippen LogP contribution < -0.4 is 5.46 Å². The molecule has 0 unspecified atom stereocenters. The van der Waals surface area contributed by atoms with Gasteiger partial charge in [-0.15, -0.1) is 0 Å². The van der Waals surface area contributed by atoms with Gasteiger partial charge >= 0.3 is 7.48 Å². The first-order chi connectivity index (χ1) is 13.4. The molecule has 0 atom stereocenters. The Morgan fingerprint density at radius 1 is 0.556 bits per heavy atom. The Morgan fingerprint density at radius 3 is 1.74 bits per heavy atom. The predicted octanol–water partition coefficient (Wildman–Crippen LogP) is 4.29. The van der Waals surface area contributed by atoms with E-state index < -0.39 is 5.41 Å². The van der Waals surface area contributed by atoms with Crippen LogP contribution in [0, 0.1) is 0 Å². The van der Waals surface area contributed by atoms with E-state index in [1.54, 1.807) is 0 Å². The van der Waals surface area contributed by atoms with Crippen molar-refractivity contribution >= 4 is 12.9 Å². The van der Waals surface area contributed by atoms with Crippen molar-refractivity contribution in [3.63, 3.8) is 0 Å². The van der Waals surface area contributed by atoms with Crippen molar-refractivity contribution in [1.29, 1.82) is 0 Å². The Morgan fingerprint density at radius 2 is 1.11 bits per heavy atom. The average Bonchev–Trinajstić information content (AvgIpc) is 3.05. The van der Waals surface area contributed by atoms with Crippen molar-refractivity contribution in [2.45, 2.75) is 5.41 Å². The largest absolute Gasteiger partial charge is 0.450 e. The lowest BCUT2D eigenvalue weighted by molar-refractivity contribution is 0.615. The van der Waals surface area contributed by atoms with Gasteiger partial charge in [0.25, 0.3) is 0 Å². The smallest absolute Gasteiger partial charge is 0.326 e. The first-order valence-electron chi connectivity index (χ1n) is 9.18. The van der Waals surface area contributed by atoms with E-state index in [1.807, 2.05) is 6.07 Å². The number of fused-ring (bicyclic) bond motifs is 3. The zero-order valence-electron chi connectivity index (χ0n) is 14.8. The SMILES string of the molecule is O[B]c1ccc2c(c1)C(c1ccccc1)(c1ccccc1)c1ccccc1-2. The monoisotopic (exact) mass is 345 g/mol. The summed E-state index contributed by atoms with van der Waals surface area (Å²) < 4.78 is 0. The Bertz CT molecular complexity index is 1060. The molecule has 4 aromatic carbocycles. The lowest BCUT2D eigenvalue weighted by Gasteiger charge is -2.34. The quantitative estimate of drug-likeness (QED) is 0.484. The molecule has 0 aromatic heterocycles. The average molecular weight is 345 g/mol. The van der Waals surface area contributed by atoms with Crippen molar-refractivity contribution < 1.29 is 5.02 Å². The Labute approximate surface area is 160 Å². The lowest BCUT2D eigenvalue weighted by Crippen LogP contribution is -2.30. The molecule has 1 aliphatic carbocycles. The Balaban J connectivity index is 1.97. The highest BCUT2D eigenvalue weighted by Gasteiger charge is 2.45. The molecule has 4 aromatic rings. The van der Waals surface area contributed by atoms with E-state index in [4.69, 9.17) is 0 Å². The summed E-state index contributed by atoms with van der Waals surface area (Å²) in [6.07, 6.45) is 0. The van der Waals surface area contributed by atoms with E-state index in [-0.39, 0.29) is 0 Å². The minimum absolute atomic E-state index is 0.395. The maximum absolute atomic E-state index is 9.67. The van der Waals surface area contributed by atoms with Crippen LogP contribution in [-0.4, -0.2) is 12.5 Å². The summed E-state index contributed by atoms with van der Waals surface area (Å²) in [4.78, 5) is 0. The van der Waals surface area contributed by atoms with Crippen LogP contribution in [-0.2, 0) is 5.41 Å². The zero-order valence-corrected chi connectivity index (χ0v) is 14.8. The van der Waals surface area contributed by atoms with E-state index in [1.165, 1.54) is 40.9 Å².